The molecule has 1 aromatic carbocycles. The second kappa shape index (κ2) is 7.30. The fraction of sp³-hybridized carbons (Fsp3) is 0.267. The van der Waals surface area contributed by atoms with Crippen molar-refractivity contribution in [1.82, 2.24) is 5.16 Å². The van der Waals surface area contributed by atoms with E-state index in [2.05, 4.69) is 15.8 Å². The molecule has 0 radical (unpaired) electrons. The number of anilines is 2. The molecule has 1 aromatic heterocycles. The number of carbonyl (C=O) groups is 2. The summed E-state index contributed by atoms with van der Waals surface area (Å²) in [5.41, 5.74) is 0.448. The third-order valence-corrected chi connectivity index (χ3v) is 2.90. The fourth-order valence-corrected chi connectivity index (χ4v) is 1.85. The van der Waals surface area contributed by atoms with E-state index in [1.165, 1.54) is 14.2 Å². The molecule has 1 heterocycles. The van der Waals surface area contributed by atoms with Crippen molar-refractivity contribution >= 4 is 23.3 Å². The van der Waals surface area contributed by atoms with Crippen molar-refractivity contribution in [2.75, 3.05) is 24.9 Å². The zero-order valence-electron chi connectivity index (χ0n) is 13.0. The zero-order valence-corrected chi connectivity index (χ0v) is 13.0. The lowest BCUT2D eigenvalue weighted by atomic mass is 10.2. The van der Waals surface area contributed by atoms with Gasteiger partial charge in [-0.1, -0.05) is 5.16 Å². The normalized spacial score (nSPS) is 10.0. The molecule has 2 aromatic rings. The number of amides is 2. The number of rotatable bonds is 6. The Bertz CT molecular complexity index is 711. The first-order valence-electron chi connectivity index (χ1n) is 6.77. The van der Waals surface area contributed by atoms with E-state index in [4.69, 9.17) is 14.0 Å². The van der Waals surface area contributed by atoms with Gasteiger partial charge in [0.05, 0.1) is 19.9 Å². The van der Waals surface area contributed by atoms with Crippen LogP contribution in [0.4, 0.5) is 11.5 Å². The first-order valence-corrected chi connectivity index (χ1v) is 6.77. The highest BCUT2D eigenvalue weighted by Crippen LogP contribution is 2.29. The molecule has 0 atom stereocenters. The highest BCUT2D eigenvalue weighted by Gasteiger charge is 2.14. The van der Waals surface area contributed by atoms with Crippen molar-refractivity contribution in [3.8, 4) is 11.5 Å². The van der Waals surface area contributed by atoms with Gasteiger partial charge >= 0.3 is 0 Å². The predicted molar refractivity (Wildman–Crippen MR) is 82.7 cm³/mol. The average Bonchev–Trinajstić information content (AvgIpc) is 2.92. The number of methoxy groups -OCH3 is 2. The van der Waals surface area contributed by atoms with Gasteiger partial charge in [-0.05, 0) is 19.1 Å². The lowest BCUT2D eigenvalue weighted by Gasteiger charge is -2.11. The monoisotopic (exact) mass is 319 g/mol. The van der Waals surface area contributed by atoms with Crippen molar-refractivity contribution in [2.45, 2.75) is 13.3 Å². The number of aromatic nitrogens is 1. The third-order valence-electron chi connectivity index (χ3n) is 2.90. The molecular weight excluding hydrogens is 302 g/mol. The van der Waals surface area contributed by atoms with Crippen LogP contribution in [0, 0.1) is 6.92 Å². The van der Waals surface area contributed by atoms with Gasteiger partial charge < -0.3 is 24.6 Å². The van der Waals surface area contributed by atoms with Crippen LogP contribution >= 0.6 is 0 Å². The van der Waals surface area contributed by atoms with Crippen LogP contribution in [0.2, 0.25) is 0 Å². The van der Waals surface area contributed by atoms with Crippen molar-refractivity contribution in [2.24, 2.45) is 0 Å². The maximum Gasteiger partial charge on any atom is 0.235 e. The van der Waals surface area contributed by atoms with Crippen LogP contribution < -0.4 is 20.1 Å². The number of aryl methyl sites for hydroxylation is 1. The predicted octanol–water partition coefficient (Wildman–Crippen LogP) is 1.97. The van der Waals surface area contributed by atoms with E-state index in [0.29, 0.717) is 22.9 Å². The Balaban J connectivity index is 1.95. The fourth-order valence-electron chi connectivity index (χ4n) is 1.85. The molecule has 0 saturated carbocycles. The molecule has 0 aliphatic rings. The van der Waals surface area contributed by atoms with Crippen LogP contribution in [0.15, 0.2) is 28.8 Å². The molecular formula is C15H17N3O5. The van der Waals surface area contributed by atoms with Gasteiger partial charge in [-0.3, -0.25) is 9.59 Å². The Morgan fingerprint density at radius 2 is 1.87 bits per heavy atom. The molecule has 0 aliphatic heterocycles. The molecule has 8 nitrogen and oxygen atoms in total. The molecule has 8 heteroatoms. The van der Waals surface area contributed by atoms with E-state index in [1.807, 2.05) is 0 Å². The molecule has 0 fully saturated rings. The molecule has 0 spiro atoms. The van der Waals surface area contributed by atoms with Crippen molar-refractivity contribution in [3.63, 3.8) is 0 Å². The van der Waals surface area contributed by atoms with Crippen molar-refractivity contribution in [1.29, 1.82) is 0 Å². The van der Waals surface area contributed by atoms with E-state index in [0.717, 1.165) is 0 Å². The van der Waals surface area contributed by atoms with Gasteiger partial charge in [-0.2, -0.15) is 0 Å². The third kappa shape index (κ3) is 4.47. The first-order chi connectivity index (χ1) is 11.0. The van der Waals surface area contributed by atoms with Gasteiger partial charge in [0.2, 0.25) is 11.8 Å². The molecule has 0 bridgehead atoms. The summed E-state index contributed by atoms with van der Waals surface area (Å²) < 4.78 is 15.1. The topological polar surface area (TPSA) is 103 Å². The second-order valence-corrected chi connectivity index (χ2v) is 4.66. The first kappa shape index (κ1) is 16.3. The molecule has 2 amide bonds. The molecule has 0 aliphatic carbocycles. The summed E-state index contributed by atoms with van der Waals surface area (Å²) in [6.45, 7) is 1.70. The maximum atomic E-state index is 11.9. The number of ether oxygens (including phenoxy) is 2. The number of nitrogens with zero attached hydrogens (tertiary/aromatic N) is 1. The average molecular weight is 319 g/mol. The molecule has 122 valence electrons. The lowest BCUT2D eigenvalue weighted by molar-refractivity contribution is -0.123. The van der Waals surface area contributed by atoms with Crippen LogP contribution in [0.25, 0.3) is 0 Å². The Labute approximate surface area is 132 Å². The second-order valence-electron chi connectivity index (χ2n) is 4.66. The van der Waals surface area contributed by atoms with E-state index in [-0.39, 0.29) is 12.2 Å². The van der Waals surface area contributed by atoms with Crippen molar-refractivity contribution < 1.29 is 23.6 Å². The minimum absolute atomic E-state index is 0.266. The molecule has 0 unspecified atom stereocenters. The van der Waals surface area contributed by atoms with Gasteiger partial charge in [0.15, 0.2) is 5.82 Å². The van der Waals surface area contributed by atoms with Gasteiger partial charge in [-0.15, -0.1) is 0 Å². The van der Waals surface area contributed by atoms with Crippen LogP contribution in [-0.2, 0) is 9.59 Å². The van der Waals surface area contributed by atoms with Crippen LogP contribution in [0.3, 0.4) is 0 Å². The molecule has 2 rings (SSSR count). The summed E-state index contributed by atoms with van der Waals surface area (Å²) in [5.74, 6) is 0.883. The van der Waals surface area contributed by atoms with E-state index in [9.17, 15) is 9.59 Å². The van der Waals surface area contributed by atoms with Gasteiger partial charge in [0.25, 0.3) is 0 Å². The Morgan fingerprint density at radius 3 is 2.48 bits per heavy atom. The minimum Gasteiger partial charge on any atom is -0.497 e. The molecule has 2 N–H and O–H groups in total. The van der Waals surface area contributed by atoms with Gasteiger partial charge in [-0.25, -0.2) is 0 Å². The Kier molecular flexibility index (Phi) is 5.19. The summed E-state index contributed by atoms with van der Waals surface area (Å²) in [4.78, 5) is 23.7. The standard InChI is InChI=1S/C15H17N3O5/c1-9-6-13(18-23-9)17-15(20)8-14(19)16-11-5-4-10(21-2)7-12(11)22-3/h4-7H,8H2,1-3H3,(H,16,19)(H,17,18,20). The summed E-state index contributed by atoms with van der Waals surface area (Å²) in [5, 5.41) is 8.70. The van der Waals surface area contributed by atoms with Gasteiger partial charge in [0.1, 0.15) is 23.7 Å². The highest BCUT2D eigenvalue weighted by atomic mass is 16.5. The summed E-state index contributed by atoms with van der Waals surface area (Å²) in [7, 11) is 3.01. The summed E-state index contributed by atoms with van der Waals surface area (Å²) >= 11 is 0. The van der Waals surface area contributed by atoms with Gasteiger partial charge in [0, 0.05) is 12.1 Å². The maximum absolute atomic E-state index is 11.9. The quantitative estimate of drug-likeness (QED) is 0.789. The Hall–Kier alpha value is -3.03. The van der Waals surface area contributed by atoms with Crippen LogP contribution in [0.1, 0.15) is 12.2 Å². The van der Waals surface area contributed by atoms with Crippen LogP contribution in [0.5, 0.6) is 11.5 Å². The van der Waals surface area contributed by atoms with Crippen molar-refractivity contribution in [3.05, 3.63) is 30.0 Å². The smallest absolute Gasteiger partial charge is 0.235 e. The highest BCUT2D eigenvalue weighted by molar-refractivity contribution is 6.08. The number of benzene rings is 1. The summed E-state index contributed by atoms with van der Waals surface area (Å²) in [6, 6.07) is 6.50. The summed E-state index contributed by atoms with van der Waals surface area (Å²) in [6.07, 6.45) is -0.360. The zero-order chi connectivity index (χ0) is 16.8. The number of hydrogen-bond donors (Lipinski definition) is 2. The van der Waals surface area contributed by atoms with Crippen LogP contribution in [-0.4, -0.2) is 31.2 Å². The largest absolute Gasteiger partial charge is 0.497 e. The minimum atomic E-state index is -0.497. The number of hydrogen-bond acceptors (Lipinski definition) is 6. The molecule has 23 heavy (non-hydrogen) atoms. The van der Waals surface area contributed by atoms with E-state index < -0.39 is 11.8 Å². The van der Waals surface area contributed by atoms with E-state index >= 15 is 0 Å². The Morgan fingerprint density at radius 1 is 1.13 bits per heavy atom. The lowest BCUT2D eigenvalue weighted by Crippen LogP contribution is -2.21. The molecule has 0 saturated heterocycles. The van der Waals surface area contributed by atoms with E-state index in [1.54, 1.807) is 31.2 Å². The SMILES string of the molecule is COc1ccc(NC(=O)CC(=O)Nc2cc(C)on2)c(OC)c1. The number of nitrogens with one attached hydrogen (secondary N) is 2. The number of carbonyl (C=O) groups excluding carboxylic acids is 2.